The van der Waals surface area contributed by atoms with E-state index >= 15 is 0 Å². The molecule has 21 heavy (non-hydrogen) atoms. The Kier molecular flexibility index (Phi) is 4.08. The van der Waals surface area contributed by atoms with E-state index in [9.17, 15) is 0 Å². The molecule has 0 amide bonds. The largest absolute Gasteiger partial charge is 0.305 e. The van der Waals surface area contributed by atoms with E-state index in [-0.39, 0.29) is 6.04 Å². The maximum Gasteiger partial charge on any atom is 0.138 e. The fourth-order valence-electron chi connectivity index (χ4n) is 2.12. The number of hydrogen-bond acceptors (Lipinski definition) is 5. The van der Waals surface area contributed by atoms with Crippen LogP contribution >= 0.6 is 11.3 Å². The summed E-state index contributed by atoms with van der Waals surface area (Å²) >= 11 is 1.69. The standard InChI is InChI=1S/C15H17N5S/c1-11(17-7-14-8-21-12(2)19-14)13-3-5-15(6-4-13)20-10-16-9-18-20/h3-6,8-11,17H,7H2,1-2H3. The van der Waals surface area contributed by atoms with Gasteiger partial charge in [0, 0.05) is 18.0 Å². The molecule has 0 aliphatic rings. The number of benzene rings is 1. The zero-order valence-electron chi connectivity index (χ0n) is 12.0. The van der Waals surface area contributed by atoms with Crippen molar-refractivity contribution in [3.63, 3.8) is 0 Å². The summed E-state index contributed by atoms with van der Waals surface area (Å²) in [5.74, 6) is 0. The van der Waals surface area contributed by atoms with Crippen LogP contribution in [0, 0.1) is 6.92 Å². The molecule has 6 heteroatoms. The van der Waals surface area contributed by atoms with Crippen LogP contribution in [0.1, 0.15) is 29.2 Å². The van der Waals surface area contributed by atoms with E-state index in [2.05, 4.69) is 57.0 Å². The average Bonchev–Trinajstić information content (AvgIpc) is 3.16. The van der Waals surface area contributed by atoms with Crippen LogP contribution in [0.15, 0.2) is 42.3 Å². The predicted octanol–water partition coefficient (Wildman–Crippen LogP) is 2.88. The highest BCUT2D eigenvalue weighted by Crippen LogP contribution is 2.16. The Bertz CT molecular complexity index is 687. The third-order valence-corrected chi connectivity index (χ3v) is 4.15. The number of hydrogen-bond donors (Lipinski definition) is 1. The second-order valence-corrected chi connectivity index (χ2v) is 5.95. The Hall–Kier alpha value is -2.05. The zero-order valence-corrected chi connectivity index (χ0v) is 12.8. The van der Waals surface area contributed by atoms with E-state index in [0.717, 1.165) is 22.9 Å². The molecule has 2 heterocycles. The van der Waals surface area contributed by atoms with E-state index in [1.807, 2.05) is 6.92 Å². The van der Waals surface area contributed by atoms with Gasteiger partial charge in [-0.2, -0.15) is 5.10 Å². The highest BCUT2D eigenvalue weighted by atomic mass is 32.1. The molecule has 0 saturated carbocycles. The monoisotopic (exact) mass is 299 g/mol. The maximum atomic E-state index is 4.46. The van der Waals surface area contributed by atoms with Crippen molar-refractivity contribution >= 4 is 11.3 Å². The van der Waals surface area contributed by atoms with Crippen molar-refractivity contribution in [3.05, 3.63) is 58.6 Å². The van der Waals surface area contributed by atoms with Crippen LogP contribution in [0.3, 0.4) is 0 Å². The van der Waals surface area contributed by atoms with Crippen molar-refractivity contribution in [3.8, 4) is 5.69 Å². The molecule has 108 valence electrons. The summed E-state index contributed by atoms with van der Waals surface area (Å²) in [6.45, 7) is 4.97. The lowest BCUT2D eigenvalue weighted by atomic mass is 10.1. The summed E-state index contributed by atoms with van der Waals surface area (Å²) in [5, 5.41) is 10.8. The Morgan fingerprint density at radius 1 is 1.29 bits per heavy atom. The van der Waals surface area contributed by atoms with Gasteiger partial charge in [0.05, 0.1) is 16.4 Å². The first-order valence-corrected chi connectivity index (χ1v) is 7.69. The first-order chi connectivity index (χ1) is 10.2. The highest BCUT2D eigenvalue weighted by molar-refractivity contribution is 7.09. The normalized spacial score (nSPS) is 12.5. The van der Waals surface area contributed by atoms with Gasteiger partial charge in [-0.25, -0.2) is 14.6 Å². The van der Waals surface area contributed by atoms with Gasteiger partial charge >= 0.3 is 0 Å². The van der Waals surface area contributed by atoms with Crippen LogP contribution in [0.25, 0.3) is 5.69 Å². The lowest BCUT2D eigenvalue weighted by Gasteiger charge is -2.14. The van der Waals surface area contributed by atoms with E-state index < -0.39 is 0 Å². The summed E-state index contributed by atoms with van der Waals surface area (Å²) in [6.07, 6.45) is 3.23. The Morgan fingerprint density at radius 2 is 2.10 bits per heavy atom. The van der Waals surface area contributed by atoms with Gasteiger partial charge in [-0.1, -0.05) is 12.1 Å². The van der Waals surface area contributed by atoms with Gasteiger partial charge in [0.1, 0.15) is 12.7 Å². The van der Waals surface area contributed by atoms with E-state index in [1.54, 1.807) is 22.3 Å². The molecule has 0 fully saturated rings. The molecule has 1 N–H and O–H groups in total. The average molecular weight is 299 g/mol. The van der Waals surface area contributed by atoms with Gasteiger partial charge in [-0.15, -0.1) is 11.3 Å². The number of aryl methyl sites for hydroxylation is 1. The molecular weight excluding hydrogens is 282 g/mol. The number of thiazole rings is 1. The van der Waals surface area contributed by atoms with Crippen LogP contribution in [0.5, 0.6) is 0 Å². The van der Waals surface area contributed by atoms with Gasteiger partial charge in [0.15, 0.2) is 0 Å². The number of nitrogens with zero attached hydrogens (tertiary/aromatic N) is 4. The van der Waals surface area contributed by atoms with Gasteiger partial charge in [-0.05, 0) is 31.5 Å². The Balaban J connectivity index is 1.63. The lowest BCUT2D eigenvalue weighted by molar-refractivity contribution is 0.568. The summed E-state index contributed by atoms with van der Waals surface area (Å²) in [7, 11) is 0. The summed E-state index contributed by atoms with van der Waals surface area (Å²) in [6, 6.07) is 8.60. The molecule has 0 bridgehead atoms. The lowest BCUT2D eigenvalue weighted by Crippen LogP contribution is -2.18. The zero-order chi connectivity index (χ0) is 14.7. The van der Waals surface area contributed by atoms with Crippen LogP contribution in [-0.4, -0.2) is 19.7 Å². The SMILES string of the molecule is Cc1nc(CNC(C)c2ccc(-n3cncn3)cc2)cs1. The van der Waals surface area contributed by atoms with Crippen molar-refractivity contribution in [1.29, 1.82) is 0 Å². The molecule has 5 nitrogen and oxygen atoms in total. The fourth-order valence-corrected chi connectivity index (χ4v) is 2.73. The molecule has 0 radical (unpaired) electrons. The molecule has 2 aromatic heterocycles. The minimum Gasteiger partial charge on any atom is -0.305 e. The van der Waals surface area contributed by atoms with Crippen molar-refractivity contribution < 1.29 is 0 Å². The summed E-state index contributed by atoms with van der Waals surface area (Å²) in [4.78, 5) is 8.42. The summed E-state index contributed by atoms with van der Waals surface area (Å²) < 4.78 is 1.75. The van der Waals surface area contributed by atoms with Crippen molar-refractivity contribution in [1.82, 2.24) is 25.1 Å². The van der Waals surface area contributed by atoms with Crippen molar-refractivity contribution in [2.24, 2.45) is 0 Å². The van der Waals surface area contributed by atoms with Crippen LogP contribution in [-0.2, 0) is 6.54 Å². The van der Waals surface area contributed by atoms with Crippen LogP contribution in [0.4, 0.5) is 0 Å². The minimum atomic E-state index is 0.275. The van der Waals surface area contributed by atoms with Gasteiger partial charge in [0.2, 0.25) is 0 Å². The van der Waals surface area contributed by atoms with E-state index in [0.29, 0.717) is 0 Å². The molecule has 0 spiro atoms. The molecule has 1 aromatic carbocycles. The third-order valence-electron chi connectivity index (χ3n) is 3.33. The Morgan fingerprint density at radius 3 is 2.71 bits per heavy atom. The maximum absolute atomic E-state index is 4.46. The molecule has 1 unspecified atom stereocenters. The first-order valence-electron chi connectivity index (χ1n) is 6.82. The fraction of sp³-hybridized carbons (Fsp3) is 0.267. The molecule has 3 rings (SSSR count). The molecule has 0 aliphatic carbocycles. The van der Waals surface area contributed by atoms with Gasteiger partial charge in [-0.3, -0.25) is 0 Å². The molecular formula is C15H17N5S. The van der Waals surface area contributed by atoms with Crippen molar-refractivity contribution in [2.75, 3.05) is 0 Å². The molecule has 3 aromatic rings. The van der Waals surface area contributed by atoms with E-state index in [1.165, 1.54) is 11.9 Å². The van der Waals surface area contributed by atoms with Crippen LogP contribution < -0.4 is 5.32 Å². The third kappa shape index (κ3) is 3.34. The van der Waals surface area contributed by atoms with Gasteiger partial charge in [0.25, 0.3) is 0 Å². The number of nitrogens with one attached hydrogen (secondary N) is 1. The molecule has 1 atom stereocenters. The second-order valence-electron chi connectivity index (χ2n) is 4.89. The minimum absolute atomic E-state index is 0.275. The predicted molar refractivity (Wildman–Crippen MR) is 83.5 cm³/mol. The Labute approximate surface area is 127 Å². The molecule has 0 aliphatic heterocycles. The second kappa shape index (κ2) is 6.15. The smallest absolute Gasteiger partial charge is 0.138 e. The number of rotatable bonds is 5. The molecule has 0 saturated heterocycles. The van der Waals surface area contributed by atoms with E-state index in [4.69, 9.17) is 0 Å². The van der Waals surface area contributed by atoms with Crippen LogP contribution in [0.2, 0.25) is 0 Å². The van der Waals surface area contributed by atoms with Gasteiger partial charge < -0.3 is 5.32 Å². The first kappa shape index (κ1) is 13.9. The number of aromatic nitrogens is 4. The van der Waals surface area contributed by atoms with Crippen molar-refractivity contribution in [2.45, 2.75) is 26.4 Å². The quantitative estimate of drug-likeness (QED) is 0.787. The summed E-state index contributed by atoms with van der Waals surface area (Å²) in [5.41, 5.74) is 3.35. The topological polar surface area (TPSA) is 55.6 Å². The highest BCUT2D eigenvalue weighted by Gasteiger charge is 2.07.